The van der Waals surface area contributed by atoms with Crippen LogP contribution in [0, 0.1) is 5.41 Å². The first-order valence-electron chi connectivity index (χ1n) is 7.77. The summed E-state index contributed by atoms with van der Waals surface area (Å²) < 4.78 is 0. The molecule has 2 aliphatic rings. The first-order chi connectivity index (χ1) is 8.85. The number of hydrogen-bond acceptors (Lipinski definition) is 3. The van der Waals surface area contributed by atoms with Crippen molar-refractivity contribution in [1.29, 1.82) is 0 Å². The summed E-state index contributed by atoms with van der Waals surface area (Å²) in [5, 5.41) is 12.4. The zero-order valence-corrected chi connectivity index (χ0v) is 12.4. The van der Waals surface area contributed by atoms with Crippen molar-refractivity contribution in [3.63, 3.8) is 0 Å². The molecule has 0 bridgehead atoms. The topological polar surface area (TPSA) is 32.3 Å². The van der Waals surface area contributed by atoms with Crippen molar-refractivity contribution in [1.82, 2.24) is 5.32 Å². The molecule has 2 rings (SSSR count). The van der Waals surface area contributed by atoms with Crippen LogP contribution in [-0.2, 0) is 0 Å². The molecule has 2 N–H and O–H groups in total. The Balaban J connectivity index is 1.51. The monoisotopic (exact) mass is 271 g/mol. The van der Waals surface area contributed by atoms with Gasteiger partial charge in [-0.05, 0) is 56.1 Å². The van der Waals surface area contributed by atoms with E-state index in [2.05, 4.69) is 5.32 Å². The van der Waals surface area contributed by atoms with Crippen molar-refractivity contribution in [3.8, 4) is 0 Å². The van der Waals surface area contributed by atoms with Crippen LogP contribution in [0.15, 0.2) is 0 Å². The standard InChI is InChI=1S/C15H29NOS/c17-11-3-12-18-13-10-16-14-4-8-15(9-5-14)6-1-2-7-15/h14,16-17H,1-13H2. The van der Waals surface area contributed by atoms with Crippen LogP contribution in [0.5, 0.6) is 0 Å². The quantitative estimate of drug-likeness (QED) is 0.698. The molecule has 2 nitrogen and oxygen atoms in total. The van der Waals surface area contributed by atoms with Crippen molar-refractivity contribution >= 4 is 11.8 Å². The molecule has 0 atom stereocenters. The molecule has 0 heterocycles. The molecule has 1 spiro atoms. The minimum absolute atomic E-state index is 0.338. The Morgan fingerprint density at radius 1 is 1.06 bits per heavy atom. The molecule has 2 fully saturated rings. The van der Waals surface area contributed by atoms with E-state index in [0.29, 0.717) is 6.61 Å². The Hall–Kier alpha value is 0.270. The van der Waals surface area contributed by atoms with Gasteiger partial charge in [-0.25, -0.2) is 0 Å². The zero-order valence-electron chi connectivity index (χ0n) is 11.6. The van der Waals surface area contributed by atoms with Gasteiger partial charge in [0.2, 0.25) is 0 Å². The largest absolute Gasteiger partial charge is 0.396 e. The summed E-state index contributed by atoms with van der Waals surface area (Å²) >= 11 is 1.96. The van der Waals surface area contributed by atoms with Crippen LogP contribution in [0.1, 0.15) is 57.8 Å². The van der Waals surface area contributed by atoms with Gasteiger partial charge in [0.25, 0.3) is 0 Å². The zero-order chi connectivity index (χ0) is 12.7. The molecule has 0 aromatic rings. The molecule has 0 saturated heterocycles. The third kappa shape index (κ3) is 4.43. The van der Waals surface area contributed by atoms with Crippen LogP contribution in [0.4, 0.5) is 0 Å². The summed E-state index contributed by atoms with van der Waals surface area (Å²) in [6, 6.07) is 0.787. The summed E-state index contributed by atoms with van der Waals surface area (Å²) in [4.78, 5) is 0. The average molecular weight is 271 g/mol. The molecular formula is C15H29NOS. The Labute approximate surface area is 116 Å². The van der Waals surface area contributed by atoms with Crippen LogP contribution < -0.4 is 5.32 Å². The predicted octanol–water partition coefficient (Wildman–Crippen LogP) is 3.19. The fourth-order valence-electron chi connectivity index (χ4n) is 3.66. The van der Waals surface area contributed by atoms with Gasteiger partial charge in [0.1, 0.15) is 0 Å². The van der Waals surface area contributed by atoms with Crippen molar-refractivity contribution < 1.29 is 5.11 Å². The van der Waals surface area contributed by atoms with Gasteiger partial charge in [-0.1, -0.05) is 12.8 Å². The summed E-state index contributed by atoms with van der Waals surface area (Å²) in [6.45, 7) is 1.49. The average Bonchev–Trinajstić information content (AvgIpc) is 2.85. The Morgan fingerprint density at radius 3 is 2.44 bits per heavy atom. The van der Waals surface area contributed by atoms with Crippen molar-refractivity contribution in [2.24, 2.45) is 5.41 Å². The first kappa shape index (κ1) is 14.7. The number of rotatable bonds is 7. The smallest absolute Gasteiger partial charge is 0.0438 e. The Morgan fingerprint density at radius 2 is 1.78 bits per heavy atom. The van der Waals surface area contributed by atoms with E-state index in [-0.39, 0.29) is 0 Å². The van der Waals surface area contributed by atoms with Crippen LogP contribution in [-0.4, -0.2) is 35.8 Å². The summed E-state index contributed by atoms with van der Waals surface area (Å²) in [5.41, 5.74) is 0.772. The molecule has 0 amide bonds. The van der Waals surface area contributed by atoms with Gasteiger partial charge >= 0.3 is 0 Å². The van der Waals surface area contributed by atoms with Crippen molar-refractivity contribution in [2.75, 3.05) is 24.7 Å². The number of hydrogen-bond donors (Lipinski definition) is 2. The van der Waals surface area contributed by atoms with Gasteiger partial charge in [-0.15, -0.1) is 0 Å². The molecule has 0 unspecified atom stereocenters. The van der Waals surface area contributed by atoms with Gasteiger partial charge in [0.05, 0.1) is 0 Å². The third-order valence-electron chi connectivity index (χ3n) is 4.84. The highest BCUT2D eigenvalue weighted by Crippen LogP contribution is 2.48. The van der Waals surface area contributed by atoms with Gasteiger partial charge in [-0.3, -0.25) is 0 Å². The molecule has 0 aliphatic heterocycles. The maximum absolute atomic E-state index is 8.70. The lowest BCUT2D eigenvalue weighted by Crippen LogP contribution is -2.37. The van der Waals surface area contributed by atoms with Gasteiger partial charge < -0.3 is 10.4 Å². The minimum Gasteiger partial charge on any atom is -0.396 e. The second-order valence-electron chi connectivity index (χ2n) is 6.13. The summed E-state index contributed by atoms with van der Waals surface area (Å²) in [6.07, 6.45) is 12.7. The molecule has 106 valence electrons. The number of aliphatic hydroxyl groups is 1. The highest BCUT2D eigenvalue weighted by Gasteiger charge is 2.37. The Kier molecular flexibility index (Phi) is 6.33. The highest BCUT2D eigenvalue weighted by molar-refractivity contribution is 7.99. The molecule has 2 aliphatic carbocycles. The van der Waals surface area contributed by atoms with Crippen LogP contribution >= 0.6 is 11.8 Å². The molecular weight excluding hydrogens is 242 g/mol. The molecule has 2 saturated carbocycles. The first-order valence-corrected chi connectivity index (χ1v) is 8.92. The maximum atomic E-state index is 8.70. The van der Waals surface area contributed by atoms with E-state index in [1.54, 1.807) is 0 Å². The fraction of sp³-hybridized carbons (Fsp3) is 1.00. The normalized spacial score (nSPS) is 23.8. The lowest BCUT2D eigenvalue weighted by Gasteiger charge is -2.37. The van der Waals surface area contributed by atoms with Gasteiger partial charge in [0.15, 0.2) is 0 Å². The van der Waals surface area contributed by atoms with Gasteiger partial charge in [0, 0.05) is 24.9 Å². The number of thioether (sulfide) groups is 1. The maximum Gasteiger partial charge on any atom is 0.0438 e. The van der Waals surface area contributed by atoms with E-state index in [1.165, 1.54) is 57.1 Å². The second-order valence-corrected chi connectivity index (χ2v) is 7.35. The SMILES string of the molecule is OCCCSCCNC1CCC2(CCCC2)CC1. The third-order valence-corrected chi connectivity index (χ3v) is 5.91. The summed E-state index contributed by atoms with van der Waals surface area (Å²) in [7, 11) is 0. The van der Waals surface area contributed by atoms with E-state index in [1.807, 2.05) is 11.8 Å². The molecule has 0 radical (unpaired) electrons. The predicted molar refractivity (Wildman–Crippen MR) is 80.2 cm³/mol. The molecule has 0 aromatic carbocycles. The molecule has 0 aromatic heterocycles. The Bertz CT molecular complexity index is 219. The highest BCUT2D eigenvalue weighted by atomic mass is 32.2. The van der Waals surface area contributed by atoms with E-state index in [4.69, 9.17) is 5.11 Å². The van der Waals surface area contributed by atoms with Crippen LogP contribution in [0.25, 0.3) is 0 Å². The van der Waals surface area contributed by atoms with Crippen LogP contribution in [0.3, 0.4) is 0 Å². The van der Waals surface area contributed by atoms with Gasteiger partial charge in [-0.2, -0.15) is 11.8 Å². The minimum atomic E-state index is 0.338. The van der Waals surface area contributed by atoms with E-state index in [9.17, 15) is 0 Å². The molecule has 18 heavy (non-hydrogen) atoms. The van der Waals surface area contributed by atoms with Crippen LogP contribution in [0.2, 0.25) is 0 Å². The second kappa shape index (κ2) is 7.76. The fourth-order valence-corrected chi connectivity index (χ4v) is 4.46. The molecule has 3 heteroatoms. The van der Waals surface area contributed by atoms with E-state index < -0.39 is 0 Å². The number of aliphatic hydroxyl groups excluding tert-OH is 1. The number of nitrogens with one attached hydrogen (secondary N) is 1. The lowest BCUT2D eigenvalue weighted by atomic mass is 9.71. The van der Waals surface area contributed by atoms with E-state index in [0.717, 1.165) is 30.2 Å². The lowest BCUT2D eigenvalue weighted by molar-refractivity contribution is 0.170. The van der Waals surface area contributed by atoms with Crippen molar-refractivity contribution in [2.45, 2.75) is 63.8 Å². The van der Waals surface area contributed by atoms with Crippen molar-refractivity contribution in [3.05, 3.63) is 0 Å². The summed E-state index contributed by atoms with van der Waals surface area (Å²) in [5.74, 6) is 2.30. The van der Waals surface area contributed by atoms with E-state index >= 15 is 0 Å².